The molecule has 2 heterocycles. The number of hydrogen-bond acceptors (Lipinski definition) is 4. The average Bonchev–Trinajstić information content (AvgIpc) is 2.85. The lowest BCUT2D eigenvalue weighted by molar-refractivity contribution is 0.355. The minimum absolute atomic E-state index is 0.455. The van der Waals surface area contributed by atoms with Gasteiger partial charge in [-0.25, -0.2) is 9.97 Å². The molecule has 0 spiro atoms. The number of halogens is 1. The highest BCUT2D eigenvalue weighted by atomic mass is 35.5. The second-order valence-corrected chi connectivity index (χ2v) is 4.94. The summed E-state index contributed by atoms with van der Waals surface area (Å²) in [5.41, 5.74) is 2.70. The van der Waals surface area contributed by atoms with Crippen molar-refractivity contribution in [2.24, 2.45) is 0 Å². The molecule has 3 rings (SSSR count). The summed E-state index contributed by atoms with van der Waals surface area (Å²) in [5.74, 6) is 1.34. The average molecular weight is 304 g/mol. The van der Waals surface area contributed by atoms with Gasteiger partial charge in [0.1, 0.15) is 17.1 Å². The predicted molar refractivity (Wildman–Crippen MR) is 81.7 cm³/mol. The third-order valence-corrected chi connectivity index (χ3v) is 3.66. The van der Waals surface area contributed by atoms with Crippen molar-refractivity contribution in [3.8, 4) is 17.2 Å². The third-order valence-electron chi connectivity index (χ3n) is 3.37. The Bertz CT molecular complexity index is 814. The smallest absolute Gasteiger partial charge is 0.162 e. The van der Waals surface area contributed by atoms with Crippen molar-refractivity contribution in [3.05, 3.63) is 41.4 Å². The molecule has 0 N–H and O–H groups in total. The molecule has 0 aliphatic heterocycles. The number of nitrogens with zero attached hydrogens (tertiary/aromatic N) is 3. The molecule has 6 heteroatoms. The topological polar surface area (TPSA) is 49.2 Å². The molecule has 0 amide bonds. The molecule has 21 heavy (non-hydrogen) atoms. The van der Waals surface area contributed by atoms with E-state index in [1.807, 2.05) is 35.9 Å². The van der Waals surface area contributed by atoms with Gasteiger partial charge >= 0.3 is 0 Å². The maximum atomic E-state index is 6.16. The van der Waals surface area contributed by atoms with Crippen LogP contribution in [0, 0.1) is 6.92 Å². The quantitative estimate of drug-likeness (QED) is 0.696. The van der Waals surface area contributed by atoms with Gasteiger partial charge < -0.3 is 14.0 Å². The van der Waals surface area contributed by atoms with Crippen molar-refractivity contribution in [2.45, 2.75) is 6.92 Å². The molecule has 0 bridgehead atoms. The van der Waals surface area contributed by atoms with Gasteiger partial charge in [-0.05, 0) is 24.6 Å². The van der Waals surface area contributed by atoms with Crippen LogP contribution in [0.2, 0.25) is 5.15 Å². The maximum Gasteiger partial charge on any atom is 0.162 e. The molecule has 108 valence electrons. The van der Waals surface area contributed by atoms with E-state index < -0.39 is 0 Å². The Kier molecular flexibility index (Phi) is 3.43. The van der Waals surface area contributed by atoms with Crippen LogP contribution in [0.25, 0.3) is 16.7 Å². The van der Waals surface area contributed by atoms with E-state index in [-0.39, 0.29) is 0 Å². The molecule has 0 aliphatic carbocycles. The van der Waals surface area contributed by atoms with E-state index in [2.05, 4.69) is 9.97 Å². The van der Waals surface area contributed by atoms with Gasteiger partial charge in [-0.1, -0.05) is 11.6 Å². The molecule has 0 unspecified atom stereocenters. The van der Waals surface area contributed by atoms with Gasteiger partial charge in [0.25, 0.3) is 0 Å². The second kappa shape index (κ2) is 5.26. The van der Waals surface area contributed by atoms with Crippen LogP contribution in [0.4, 0.5) is 0 Å². The number of methoxy groups -OCH3 is 2. The molecule has 3 aromatic rings. The fourth-order valence-corrected chi connectivity index (χ4v) is 2.65. The Labute approximate surface area is 127 Å². The van der Waals surface area contributed by atoms with Crippen LogP contribution in [0.3, 0.4) is 0 Å². The van der Waals surface area contributed by atoms with Crippen LogP contribution < -0.4 is 9.47 Å². The van der Waals surface area contributed by atoms with Gasteiger partial charge in [0, 0.05) is 12.3 Å². The van der Waals surface area contributed by atoms with Gasteiger partial charge in [0.2, 0.25) is 0 Å². The summed E-state index contributed by atoms with van der Waals surface area (Å²) in [5, 5.41) is 1.31. The van der Waals surface area contributed by atoms with E-state index in [0.717, 1.165) is 22.3 Å². The Morgan fingerprint density at radius 2 is 1.86 bits per heavy atom. The highest BCUT2D eigenvalue weighted by molar-refractivity contribution is 6.34. The van der Waals surface area contributed by atoms with Crippen molar-refractivity contribution in [1.82, 2.24) is 14.5 Å². The molecule has 0 atom stereocenters. The van der Waals surface area contributed by atoms with Crippen LogP contribution in [-0.2, 0) is 0 Å². The Morgan fingerprint density at radius 1 is 1.10 bits per heavy atom. The minimum Gasteiger partial charge on any atom is -0.493 e. The fraction of sp³-hybridized carbons (Fsp3) is 0.200. The zero-order chi connectivity index (χ0) is 15.0. The summed E-state index contributed by atoms with van der Waals surface area (Å²) in [6.07, 6.45) is 3.44. The normalized spacial score (nSPS) is 10.9. The van der Waals surface area contributed by atoms with E-state index in [9.17, 15) is 0 Å². The SMILES string of the molecule is COc1ccc(-n2cc(C)c3c(Cl)ncnc32)cc1OC. The van der Waals surface area contributed by atoms with E-state index in [1.165, 1.54) is 6.33 Å². The number of ether oxygens (including phenoxy) is 2. The van der Waals surface area contributed by atoms with Crippen LogP contribution in [-0.4, -0.2) is 28.8 Å². The Hall–Kier alpha value is -2.27. The van der Waals surface area contributed by atoms with Crippen LogP contribution in [0.15, 0.2) is 30.7 Å². The molecule has 1 aromatic carbocycles. The van der Waals surface area contributed by atoms with E-state index >= 15 is 0 Å². The van der Waals surface area contributed by atoms with E-state index in [0.29, 0.717) is 16.7 Å². The standard InChI is InChI=1S/C15H14ClN3O2/c1-9-7-19(15-13(9)14(16)17-8-18-15)10-4-5-11(20-2)12(6-10)21-3/h4-8H,1-3H3. The number of hydrogen-bond donors (Lipinski definition) is 0. The number of aryl methyl sites for hydroxylation is 1. The number of rotatable bonds is 3. The third kappa shape index (κ3) is 2.19. The first-order valence-electron chi connectivity index (χ1n) is 6.36. The lowest BCUT2D eigenvalue weighted by atomic mass is 10.2. The monoisotopic (exact) mass is 303 g/mol. The molecule has 5 nitrogen and oxygen atoms in total. The number of fused-ring (bicyclic) bond motifs is 1. The highest BCUT2D eigenvalue weighted by Gasteiger charge is 2.13. The molecule has 0 radical (unpaired) electrons. The lowest BCUT2D eigenvalue weighted by Crippen LogP contribution is -1.97. The maximum absolute atomic E-state index is 6.16. The second-order valence-electron chi connectivity index (χ2n) is 4.58. The van der Waals surface area contributed by atoms with Crippen molar-refractivity contribution in [3.63, 3.8) is 0 Å². The van der Waals surface area contributed by atoms with Crippen molar-refractivity contribution in [1.29, 1.82) is 0 Å². The first kappa shape index (κ1) is 13.7. The molecule has 2 aromatic heterocycles. The molecule has 0 saturated carbocycles. The first-order chi connectivity index (χ1) is 10.2. The first-order valence-corrected chi connectivity index (χ1v) is 6.74. The molecule has 0 fully saturated rings. The van der Waals surface area contributed by atoms with Crippen molar-refractivity contribution in [2.75, 3.05) is 14.2 Å². The molecular weight excluding hydrogens is 290 g/mol. The van der Waals surface area contributed by atoms with Crippen LogP contribution in [0.1, 0.15) is 5.56 Å². The van der Waals surface area contributed by atoms with Gasteiger partial charge in [0.05, 0.1) is 25.3 Å². The Balaban J connectivity index is 2.24. The van der Waals surface area contributed by atoms with Crippen LogP contribution >= 0.6 is 11.6 Å². The fourth-order valence-electron chi connectivity index (χ4n) is 2.37. The van der Waals surface area contributed by atoms with Gasteiger partial charge in [-0.15, -0.1) is 0 Å². The summed E-state index contributed by atoms with van der Waals surface area (Å²) in [7, 11) is 3.22. The van der Waals surface area contributed by atoms with Gasteiger partial charge in [-0.3, -0.25) is 0 Å². The molecule has 0 saturated heterocycles. The molecular formula is C15H14ClN3O2. The number of benzene rings is 1. The summed E-state index contributed by atoms with van der Waals surface area (Å²) >= 11 is 6.16. The summed E-state index contributed by atoms with van der Waals surface area (Å²) in [6, 6.07) is 5.70. The summed E-state index contributed by atoms with van der Waals surface area (Å²) in [6.45, 7) is 1.98. The largest absolute Gasteiger partial charge is 0.493 e. The summed E-state index contributed by atoms with van der Waals surface area (Å²) < 4.78 is 12.6. The van der Waals surface area contributed by atoms with Gasteiger partial charge in [-0.2, -0.15) is 0 Å². The summed E-state index contributed by atoms with van der Waals surface area (Å²) in [4.78, 5) is 8.37. The minimum atomic E-state index is 0.455. The van der Waals surface area contributed by atoms with E-state index in [4.69, 9.17) is 21.1 Å². The zero-order valence-electron chi connectivity index (χ0n) is 11.9. The zero-order valence-corrected chi connectivity index (χ0v) is 12.7. The van der Waals surface area contributed by atoms with Crippen molar-refractivity contribution < 1.29 is 9.47 Å². The van der Waals surface area contributed by atoms with E-state index in [1.54, 1.807) is 14.2 Å². The van der Waals surface area contributed by atoms with Gasteiger partial charge in [0.15, 0.2) is 11.5 Å². The highest BCUT2D eigenvalue weighted by Crippen LogP contribution is 2.32. The number of aromatic nitrogens is 3. The predicted octanol–water partition coefficient (Wildman–Crippen LogP) is 3.40. The molecule has 0 aliphatic rings. The Morgan fingerprint density at radius 3 is 2.57 bits per heavy atom. The lowest BCUT2D eigenvalue weighted by Gasteiger charge is -2.10. The van der Waals surface area contributed by atoms with Crippen LogP contribution in [0.5, 0.6) is 11.5 Å². The van der Waals surface area contributed by atoms with Crippen molar-refractivity contribution >= 4 is 22.6 Å².